The normalized spacial score (nSPS) is 13.3. The summed E-state index contributed by atoms with van der Waals surface area (Å²) >= 11 is 0. The third-order valence-electron chi connectivity index (χ3n) is 1.31. The smallest absolute Gasteiger partial charge is 0.264 e. The Hall–Kier alpha value is -0.440. The van der Waals surface area contributed by atoms with Crippen LogP contribution in [0.25, 0.3) is 0 Å². The summed E-state index contributed by atoms with van der Waals surface area (Å²) in [5.74, 6) is 0. The largest absolute Gasteiger partial charge is 0.387 e. The molecule has 0 radical (unpaired) electrons. The van der Waals surface area contributed by atoms with Crippen LogP contribution in [0.3, 0.4) is 0 Å². The van der Waals surface area contributed by atoms with Gasteiger partial charge in [0, 0.05) is 0 Å². The molecule has 0 aromatic rings. The summed E-state index contributed by atoms with van der Waals surface area (Å²) in [6.07, 6.45) is -1.58. The van der Waals surface area contributed by atoms with Crippen LogP contribution in [0.1, 0.15) is 26.7 Å². The van der Waals surface area contributed by atoms with E-state index in [4.69, 9.17) is 5.11 Å². The maximum absolute atomic E-state index is 11.7. The maximum Gasteiger partial charge on any atom is 0.264 e. The van der Waals surface area contributed by atoms with Gasteiger partial charge in [0.2, 0.25) is 0 Å². The van der Waals surface area contributed by atoms with Gasteiger partial charge in [0.1, 0.15) is 6.10 Å². The van der Waals surface area contributed by atoms with Crippen LogP contribution in [-0.2, 0) is 0 Å². The Morgan fingerprint density at radius 3 is 2.36 bits per heavy atom. The molecule has 0 saturated carbocycles. The van der Waals surface area contributed by atoms with Crippen LogP contribution in [0.2, 0.25) is 0 Å². The molecule has 11 heavy (non-hydrogen) atoms. The van der Waals surface area contributed by atoms with E-state index < -0.39 is 12.5 Å². The van der Waals surface area contributed by atoms with Gasteiger partial charge < -0.3 is 5.11 Å². The van der Waals surface area contributed by atoms with Gasteiger partial charge in [0.15, 0.2) is 0 Å². The molecule has 1 nitrogen and oxygen atoms in total. The van der Waals surface area contributed by atoms with Crippen molar-refractivity contribution in [1.82, 2.24) is 0 Å². The van der Waals surface area contributed by atoms with Crippen LogP contribution < -0.4 is 0 Å². The van der Waals surface area contributed by atoms with Gasteiger partial charge in [-0.05, 0) is 26.7 Å². The number of halogens is 2. The van der Waals surface area contributed by atoms with E-state index in [0.717, 1.165) is 5.57 Å². The molecule has 0 unspecified atom stereocenters. The molecule has 0 aliphatic heterocycles. The molecule has 0 aliphatic rings. The SMILES string of the molecule is CC(C)=CCC[C@H](O)C(F)F. The zero-order valence-electron chi connectivity index (χ0n) is 6.85. The third-order valence-corrected chi connectivity index (χ3v) is 1.31. The van der Waals surface area contributed by atoms with E-state index in [0.29, 0.717) is 6.42 Å². The molecule has 0 bridgehead atoms. The highest BCUT2D eigenvalue weighted by Gasteiger charge is 2.14. The Labute approximate surface area is 65.7 Å². The average molecular weight is 164 g/mol. The fourth-order valence-corrected chi connectivity index (χ4v) is 0.669. The zero-order valence-corrected chi connectivity index (χ0v) is 6.85. The Kier molecular flexibility index (Phi) is 5.03. The van der Waals surface area contributed by atoms with Crippen molar-refractivity contribution in [3.05, 3.63) is 11.6 Å². The maximum atomic E-state index is 11.7. The lowest BCUT2D eigenvalue weighted by Gasteiger charge is -2.06. The molecule has 1 atom stereocenters. The second kappa shape index (κ2) is 5.24. The molecular weight excluding hydrogens is 150 g/mol. The van der Waals surface area contributed by atoms with Crippen LogP contribution in [0.15, 0.2) is 11.6 Å². The number of rotatable bonds is 4. The topological polar surface area (TPSA) is 20.2 Å². The van der Waals surface area contributed by atoms with Gasteiger partial charge in [0.05, 0.1) is 0 Å². The van der Waals surface area contributed by atoms with Crippen molar-refractivity contribution < 1.29 is 13.9 Å². The average Bonchev–Trinajstić information content (AvgIpc) is 1.86. The molecule has 1 N–H and O–H groups in total. The van der Waals surface area contributed by atoms with Crippen LogP contribution >= 0.6 is 0 Å². The number of hydrogen-bond acceptors (Lipinski definition) is 1. The predicted molar refractivity (Wildman–Crippen MR) is 40.7 cm³/mol. The predicted octanol–water partition coefficient (Wildman–Crippen LogP) is 2.36. The van der Waals surface area contributed by atoms with Crippen molar-refractivity contribution in [3.8, 4) is 0 Å². The summed E-state index contributed by atoms with van der Waals surface area (Å²) in [5, 5.41) is 8.66. The summed E-state index contributed by atoms with van der Waals surface area (Å²) in [5.41, 5.74) is 1.09. The van der Waals surface area contributed by atoms with Crippen molar-refractivity contribution >= 4 is 0 Å². The standard InChI is InChI=1S/C8H14F2O/c1-6(2)4-3-5-7(11)8(9)10/h4,7-8,11H,3,5H2,1-2H3/t7-/m0/s1. The summed E-state index contributed by atoms with van der Waals surface area (Å²) in [7, 11) is 0. The quantitative estimate of drug-likeness (QED) is 0.632. The van der Waals surface area contributed by atoms with E-state index >= 15 is 0 Å². The number of aliphatic hydroxyl groups excluding tert-OH is 1. The van der Waals surface area contributed by atoms with Gasteiger partial charge in [-0.15, -0.1) is 0 Å². The van der Waals surface area contributed by atoms with Gasteiger partial charge in [-0.25, -0.2) is 8.78 Å². The zero-order chi connectivity index (χ0) is 8.85. The Bertz CT molecular complexity index is 128. The lowest BCUT2D eigenvalue weighted by Crippen LogP contribution is -2.16. The number of aliphatic hydroxyl groups is 1. The fourth-order valence-electron chi connectivity index (χ4n) is 0.669. The first kappa shape index (κ1) is 10.6. The lowest BCUT2D eigenvalue weighted by atomic mass is 10.1. The van der Waals surface area contributed by atoms with Crippen LogP contribution in [-0.4, -0.2) is 17.6 Å². The number of allylic oxidation sites excluding steroid dienone is 2. The van der Waals surface area contributed by atoms with Crippen LogP contribution in [0.5, 0.6) is 0 Å². The Balaban J connectivity index is 3.47. The summed E-state index contributed by atoms with van der Waals surface area (Å²) in [4.78, 5) is 0. The second-order valence-corrected chi connectivity index (χ2v) is 2.76. The highest BCUT2D eigenvalue weighted by molar-refractivity contribution is 4.92. The lowest BCUT2D eigenvalue weighted by molar-refractivity contribution is -0.00815. The van der Waals surface area contributed by atoms with Crippen LogP contribution in [0, 0.1) is 0 Å². The molecule has 0 saturated heterocycles. The summed E-state index contributed by atoms with van der Waals surface area (Å²) in [6.45, 7) is 3.80. The van der Waals surface area contributed by atoms with E-state index in [1.807, 2.05) is 19.9 Å². The highest BCUT2D eigenvalue weighted by Crippen LogP contribution is 2.08. The van der Waals surface area contributed by atoms with Crippen LogP contribution in [0.4, 0.5) is 8.78 Å². The van der Waals surface area contributed by atoms with Gasteiger partial charge in [-0.1, -0.05) is 11.6 Å². The molecule has 0 heterocycles. The third kappa shape index (κ3) is 5.98. The minimum atomic E-state index is -2.61. The monoisotopic (exact) mass is 164 g/mol. The molecule has 66 valence electrons. The highest BCUT2D eigenvalue weighted by atomic mass is 19.3. The van der Waals surface area contributed by atoms with Gasteiger partial charge >= 0.3 is 0 Å². The number of alkyl halides is 2. The minimum absolute atomic E-state index is 0.142. The van der Waals surface area contributed by atoms with E-state index in [9.17, 15) is 8.78 Å². The molecule has 0 aliphatic carbocycles. The Morgan fingerprint density at radius 1 is 1.45 bits per heavy atom. The first-order chi connectivity index (χ1) is 5.04. The Morgan fingerprint density at radius 2 is 2.00 bits per heavy atom. The van der Waals surface area contributed by atoms with Crippen molar-refractivity contribution in [2.24, 2.45) is 0 Å². The molecule has 0 spiro atoms. The number of hydrogen-bond donors (Lipinski definition) is 1. The van der Waals surface area contributed by atoms with E-state index in [1.54, 1.807) is 0 Å². The molecule has 0 fully saturated rings. The van der Waals surface area contributed by atoms with E-state index in [2.05, 4.69) is 0 Å². The molecule has 0 aromatic carbocycles. The second-order valence-electron chi connectivity index (χ2n) is 2.76. The first-order valence-electron chi connectivity index (χ1n) is 3.63. The summed E-state index contributed by atoms with van der Waals surface area (Å²) in [6, 6.07) is 0. The van der Waals surface area contributed by atoms with Gasteiger partial charge in [-0.2, -0.15) is 0 Å². The van der Waals surface area contributed by atoms with Crippen molar-refractivity contribution in [2.45, 2.75) is 39.2 Å². The molecular formula is C8H14F2O. The van der Waals surface area contributed by atoms with Gasteiger partial charge in [0.25, 0.3) is 6.43 Å². The van der Waals surface area contributed by atoms with Crippen molar-refractivity contribution in [2.75, 3.05) is 0 Å². The minimum Gasteiger partial charge on any atom is -0.387 e. The van der Waals surface area contributed by atoms with Crippen molar-refractivity contribution in [1.29, 1.82) is 0 Å². The van der Waals surface area contributed by atoms with Gasteiger partial charge in [-0.3, -0.25) is 0 Å². The molecule has 3 heteroatoms. The molecule has 0 aromatic heterocycles. The molecule has 0 amide bonds. The fraction of sp³-hybridized carbons (Fsp3) is 0.750. The van der Waals surface area contributed by atoms with E-state index in [1.165, 1.54) is 0 Å². The van der Waals surface area contributed by atoms with E-state index in [-0.39, 0.29) is 6.42 Å². The van der Waals surface area contributed by atoms with Crippen molar-refractivity contribution in [3.63, 3.8) is 0 Å². The first-order valence-corrected chi connectivity index (χ1v) is 3.63. The molecule has 0 rings (SSSR count). The summed E-state index contributed by atoms with van der Waals surface area (Å²) < 4.78 is 23.4.